The van der Waals surface area contributed by atoms with E-state index in [2.05, 4.69) is 20.6 Å². The standard InChI is InChI=1S/C23H25F2N5O3S/c1-34(32)16-7-3-2-6-14(16)26-15-12-17(28-23(31)13-9-10-13)27-21-19(15)29-22(20(24)25)30(21)18-8-4-5-11-33-18/h2-3,6-7,12-13,18,20H,4-5,8-11H2,1H3,(H2,26,27,28,31). The van der Waals surface area contributed by atoms with Crippen molar-refractivity contribution in [3.05, 3.63) is 36.2 Å². The topological polar surface area (TPSA) is 104 Å². The minimum atomic E-state index is -2.84. The summed E-state index contributed by atoms with van der Waals surface area (Å²) in [6.07, 6.45) is 2.00. The van der Waals surface area contributed by atoms with Crippen molar-refractivity contribution >= 4 is 45.4 Å². The molecule has 3 aromatic rings. The first kappa shape index (κ1) is 23.0. The minimum absolute atomic E-state index is 0.0552. The molecule has 2 aliphatic rings. The maximum Gasteiger partial charge on any atom is 0.295 e. The molecule has 2 N–H and O–H groups in total. The molecule has 8 nitrogen and oxygen atoms in total. The smallest absolute Gasteiger partial charge is 0.295 e. The Morgan fingerprint density at radius 1 is 1.21 bits per heavy atom. The zero-order chi connectivity index (χ0) is 23.8. The molecule has 11 heteroatoms. The summed E-state index contributed by atoms with van der Waals surface area (Å²) in [6, 6.07) is 8.61. The average molecular weight is 490 g/mol. The van der Waals surface area contributed by atoms with Crippen LogP contribution < -0.4 is 10.6 Å². The predicted octanol–water partition coefficient (Wildman–Crippen LogP) is 4.90. The van der Waals surface area contributed by atoms with Crippen LogP contribution in [0.1, 0.15) is 50.6 Å². The lowest BCUT2D eigenvalue weighted by molar-refractivity contribution is -0.117. The molecular formula is C23H25F2N5O3S. The highest BCUT2D eigenvalue weighted by atomic mass is 32.2. The minimum Gasteiger partial charge on any atom is -0.612 e. The van der Waals surface area contributed by atoms with Crippen molar-refractivity contribution in [1.82, 2.24) is 14.5 Å². The largest absolute Gasteiger partial charge is 0.612 e. The lowest BCUT2D eigenvalue weighted by atomic mass is 10.2. The van der Waals surface area contributed by atoms with Crippen LogP contribution in [0, 0.1) is 5.92 Å². The fourth-order valence-electron chi connectivity index (χ4n) is 4.14. The van der Waals surface area contributed by atoms with Crippen molar-refractivity contribution in [2.24, 2.45) is 5.92 Å². The quantitative estimate of drug-likeness (QED) is 0.458. The number of halogens is 2. The van der Waals surface area contributed by atoms with E-state index < -0.39 is 29.7 Å². The van der Waals surface area contributed by atoms with Crippen molar-refractivity contribution in [3.63, 3.8) is 0 Å². The molecule has 180 valence electrons. The number of hydrogen-bond acceptors (Lipinski definition) is 6. The summed E-state index contributed by atoms with van der Waals surface area (Å²) in [5.74, 6) is -0.405. The summed E-state index contributed by atoms with van der Waals surface area (Å²) in [4.78, 5) is 21.8. The molecular weight excluding hydrogens is 464 g/mol. The van der Waals surface area contributed by atoms with Crippen LogP contribution >= 0.6 is 0 Å². The van der Waals surface area contributed by atoms with E-state index in [1.165, 1.54) is 4.57 Å². The molecule has 5 rings (SSSR count). The Kier molecular flexibility index (Phi) is 6.41. The summed E-state index contributed by atoms with van der Waals surface area (Å²) >= 11 is -1.28. The highest BCUT2D eigenvalue weighted by molar-refractivity contribution is 7.90. The number of aromatic nitrogens is 3. The molecule has 0 spiro atoms. The van der Waals surface area contributed by atoms with Crippen molar-refractivity contribution < 1.29 is 22.9 Å². The number of para-hydroxylation sites is 1. The van der Waals surface area contributed by atoms with Crippen LogP contribution in [0.15, 0.2) is 35.2 Å². The Labute approximate surface area is 198 Å². The number of carbonyl (C=O) groups excluding carboxylic acids is 1. The summed E-state index contributed by atoms with van der Waals surface area (Å²) in [6.45, 7) is 0.464. The molecule has 2 atom stereocenters. The van der Waals surface area contributed by atoms with Crippen LogP contribution in [-0.4, -0.2) is 37.9 Å². The van der Waals surface area contributed by atoms with Crippen LogP contribution in [0.5, 0.6) is 0 Å². The van der Waals surface area contributed by atoms with Crippen molar-refractivity contribution in [2.45, 2.75) is 49.7 Å². The van der Waals surface area contributed by atoms with Gasteiger partial charge >= 0.3 is 0 Å². The maximum atomic E-state index is 14.1. The fourth-order valence-corrected chi connectivity index (χ4v) is 4.84. The molecule has 1 amide bonds. The number of nitrogens with one attached hydrogen (secondary N) is 2. The molecule has 0 radical (unpaired) electrons. The number of nitrogens with zero attached hydrogens (tertiary/aromatic N) is 3. The second-order valence-corrected chi connectivity index (χ2v) is 9.88. The predicted molar refractivity (Wildman–Crippen MR) is 125 cm³/mol. The Balaban J connectivity index is 1.66. The number of fused-ring (bicyclic) bond motifs is 1. The van der Waals surface area contributed by atoms with Crippen LogP contribution in [0.2, 0.25) is 0 Å². The molecule has 0 bridgehead atoms. The summed E-state index contributed by atoms with van der Waals surface area (Å²) in [5, 5.41) is 6.00. The van der Waals surface area contributed by atoms with Gasteiger partial charge in [-0.25, -0.2) is 18.7 Å². The van der Waals surface area contributed by atoms with E-state index in [9.17, 15) is 18.1 Å². The van der Waals surface area contributed by atoms with E-state index in [-0.39, 0.29) is 28.8 Å². The van der Waals surface area contributed by atoms with E-state index in [0.717, 1.165) is 25.7 Å². The van der Waals surface area contributed by atoms with Gasteiger partial charge in [0.15, 0.2) is 16.4 Å². The normalized spacial score (nSPS) is 19.4. The number of hydrogen-bond donors (Lipinski definition) is 2. The summed E-state index contributed by atoms with van der Waals surface area (Å²) < 4.78 is 47.5. The van der Waals surface area contributed by atoms with Crippen molar-refractivity contribution in [2.75, 3.05) is 23.5 Å². The van der Waals surface area contributed by atoms with Crippen LogP contribution in [0.4, 0.5) is 26.0 Å². The molecule has 1 saturated carbocycles. The highest BCUT2D eigenvalue weighted by Crippen LogP contribution is 2.37. The molecule has 1 aliphatic heterocycles. The fraction of sp³-hybridized carbons (Fsp3) is 0.435. The molecule has 2 fully saturated rings. The second kappa shape index (κ2) is 9.47. The van der Waals surface area contributed by atoms with E-state index >= 15 is 0 Å². The number of carbonyl (C=O) groups is 1. The first-order valence-electron chi connectivity index (χ1n) is 11.3. The van der Waals surface area contributed by atoms with Gasteiger partial charge in [-0.2, -0.15) is 0 Å². The van der Waals surface area contributed by atoms with E-state index in [1.807, 2.05) is 0 Å². The maximum absolute atomic E-state index is 14.1. The van der Waals surface area contributed by atoms with E-state index in [1.54, 1.807) is 36.6 Å². The lowest BCUT2D eigenvalue weighted by Gasteiger charge is -2.25. The Morgan fingerprint density at radius 2 is 2.00 bits per heavy atom. The van der Waals surface area contributed by atoms with Crippen LogP contribution in [0.25, 0.3) is 11.2 Å². The number of rotatable bonds is 7. The van der Waals surface area contributed by atoms with Crippen molar-refractivity contribution in [1.29, 1.82) is 0 Å². The number of pyridine rings is 1. The zero-order valence-corrected chi connectivity index (χ0v) is 19.4. The Morgan fingerprint density at radius 3 is 2.68 bits per heavy atom. The van der Waals surface area contributed by atoms with Gasteiger partial charge in [0.05, 0.1) is 11.4 Å². The van der Waals surface area contributed by atoms with Crippen LogP contribution in [-0.2, 0) is 20.7 Å². The lowest BCUT2D eigenvalue weighted by Crippen LogP contribution is -2.21. The average Bonchev–Trinajstić information content (AvgIpc) is 3.60. The van der Waals surface area contributed by atoms with Crippen LogP contribution in [0.3, 0.4) is 0 Å². The second-order valence-electron chi connectivity index (χ2n) is 8.53. The number of benzene rings is 1. The molecule has 34 heavy (non-hydrogen) atoms. The third kappa shape index (κ3) is 4.59. The SMILES string of the molecule is C[S+]([O-])c1ccccc1Nc1cc(NC(=O)C2CC2)nc2c1nc(C(F)F)n2C1CCCCO1. The summed E-state index contributed by atoms with van der Waals surface area (Å²) in [7, 11) is 0. The number of alkyl halides is 2. The third-order valence-electron chi connectivity index (χ3n) is 5.98. The first-order chi connectivity index (χ1) is 16.4. The van der Waals surface area contributed by atoms with Gasteiger partial charge in [0, 0.05) is 18.6 Å². The molecule has 1 saturated heterocycles. The monoisotopic (exact) mass is 489 g/mol. The molecule has 1 aliphatic carbocycles. The van der Waals surface area contributed by atoms with E-state index in [4.69, 9.17) is 4.74 Å². The number of ether oxygens (including phenoxy) is 1. The summed E-state index contributed by atoms with van der Waals surface area (Å²) in [5.41, 5.74) is 1.36. The van der Waals surface area contributed by atoms with Gasteiger partial charge in [0.1, 0.15) is 23.8 Å². The van der Waals surface area contributed by atoms with Gasteiger partial charge in [-0.15, -0.1) is 0 Å². The number of anilines is 3. The van der Waals surface area contributed by atoms with Crippen molar-refractivity contribution in [3.8, 4) is 0 Å². The number of amides is 1. The van der Waals surface area contributed by atoms with Gasteiger partial charge < -0.3 is 19.9 Å². The van der Waals surface area contributed by atoms with Gasteiger partial charge in [-0.1, -0.05) is 12.1 Å². The molecule has 3 heterocycles. The van der Waals surface area contributed by atoms with Gasteiger partial charge in [0.2, 0.25) is 5.91 Å². The number of imidazole rings is 1. The van der Waals surface area contributed by atoms with Gasteiger partial charge in [-0.3, -0.25) is 9.36 Å². The highest BCUT2D eigenvalue weighted by Gasteiger charge is 2.32. The Bertz CT molecular complexity index is 1210. The zero-order valence-electron chi connectivity index (χ0n) is 18.6. The molecule has 1 aromatic carbocycles. The van der Waals surface area contributed by atoms with Gasteiger partial charge in [0.25, 0.3) is 6.43 Å². The molecule has 2 unspecified atom stereocenters. The Hall–Kier alpha value is -2.76. The van der Waals surface area contributed by atoms with Gasteiger partial charge in [-0.05, 0) is 55.4 Å². The van der Waals surface area contributed by atoms with E-state index in [0.29, 0.717) is 29.3 Å². The third-order valence-corrected chi connectivity index (χ3v) is 6.96. The first-order valence-corrected chi connectivity index (χ1v) is 12.8. The molecule has 2 aromatic heterocycles.